The van der Waals surface area contributed by atoms with E-state index in [1.54, 1.807) is 6.20 Å². The summed E-state index contributed by atoms with van der Waals surface area (Å²) in [5, 5.41) is 10.6. The van der Waals surface area contributed by atoms with Crippen molar-refractivity contribution in [2.45, 2.75) is 6.54 Å². The number of hydrogen-bond acceptors (Lipinski definition) is 3. The smallest absolute Gasteiger partial charge is 0.243 e. The van der Waals surface area contributed by atoms with Gasteiger partial charge in [-0.2, -0.15) is 10.2 Å². The van der Waals surface area contributed by atoms with Crippen molar-refractivity contribution in [2.24, 2.45) is 0 Å². The van der Waals surface area contributed by atoms with Gasteiger partial charge in [0.05, 0.1) is 5.69 Å². The first-order valence-corrected chi connectivity index (χ1v) is 5.57. The molecule has 0 fully saturated rings. The zero-order valence-corrected chi connectivity index (χ0v) is 9.84. The number of benzene rings is 1. The van der Waals surface area contributed by atoms with E-state index in [1.165, 1.54) is 6.08 Å². The van der Waals surface area contributed by atoms with E-state index in [2.05, 4.69) is 22.1 Å². The number of amides is 1. The van der Waals surface area contributed by atoms with Gasteiger partial charge in [0.15, 0.2) is 0 Å². The topological polar surface area (TPSA) is 54.9 Å². The third kappa shape index (κ3) is 3.01. The Kier molecular flexibility index (Phi) is 3.81. The Morgan fingerprint density at radius 3 is 2.67 bits per heavy atom. The molecular weight excluding hydrogens is 226 g/mol. The van der Waals surface area contributed by atoms with Gasteiger partial charge in [0.2, 0.25) is 5.91 Å². The SMILES string of the molecule is C=CC(=O)NCc1ccc(-c2cccnn2)cc1. The van der Waals surface area contributed by atoms with E-state index in [-0.39, 0.29) is 5.91 Å². The summed E-state index contributed by atoms with van der Waals surface area (Å²) in [6, 6.07) is 11.6. The van der Waals surface area contributed by atoms with Crippen molar-refractivity contribution >= 4 is 5.91 Å². The Morgan fingerprint density at radius 1 is 1.28 bits per heavy atom. The number of aromatic nitrogens is 2. The van der Waals surface area contributed by atoms with Crippen LogP contribution >= 0.6 is 0 Å². The van der Waals surface area contributed by atoms with Crippen molar-refractivity contribution in [3.63, 3.8) is 0 Å². The number of nitrogens with zero attached hydrogens (tertiary/aromatic N) is 2. The molecule has 18 heavy (non-hydrogen) atoms. The summed E-state index contributed by atoms with van der Waals surface area (Å²) in [7, 11) is 0. The lowest BCUT2D eigenvalue weighted by atomic mass is 10.1. The maximum Gasteiger partial charge on any atom is 0.243 e. The van der Waals surface area contributed by atoms with Crippen molar-refractivity contribution < 1.29 is 4.79 Å². The molecule has 2 aromatic rings. The molecule has 90 valence electrons. The molecule has 4 heteroatoms. The molecule has 2 rings (SSSR count). The van der Waals surface area contributed by atoms with Crippen LogP contribution in [0.3, 0.4) is 0 Å². The van der Waals surface area contributed by atoms with Crippen LogP contribution in [0.1, 0.15) is 5.56 Å². The number of nitrogens with one attached hydrogen (secondary N) is 1. The lowest BCUT2D eigenvalue weighted by Crippen LogP contribution is -2.19. The molecule has 0 saturated heterocycles. The quantitative estimate of drug-likeness (QED) is 0.830. The molecule has 0 saturated carbocycles. The fourth-order valence-electron chi connectivity index (χ4n) is 1.51. The number of hydrogen-bond donors (Lipinski definition) is 1. The lowest BCUT2D eigenvalue weighted by Gasteiger charge is -2.04. The standard InChI is InChI=1S/C14H13N3O/c1-2-14(18)15-10-11-5-7-12(8-6-11)13-4-3-9-16-17-13/h2-9H,1,10H2,(H,15,18). The van der Waals surface area contributed by atoms with Crippen LogP contribution in [0, 0.1) is 0 Å². The first kappa shape index (κ1) is 12.0. The first-order chi connectivity index (χ1) is 8.79. The molecule has 1 N–H and O–H groups in total. The van der Waals surface area contributed by atoms with Gasteiger partial charge >= 0.3 is 0 Å². The summed E-state index contributed by atoms with van der Waals surface area (Å²) in [5.41, 5.74) is 2.86. The molecule has 1 amide bonds. The first-order valence-electron chi connectivity index (χ1n) is 5.57. The summed E-state index contributed by atoms with van der Waals surface area (Å²) in [4.78, 5) is 11.0. The van der Waals surface area contributed by atoms with E-state index in [0.717, 1.165) is 16.8 Å². The molecule has 1 heterocycles. The third-order valence-electron chi connectivity index (χ3n) is 2.47. The summed E-state index contributed by atoms with van der Waals surface area (Å²) in [6.45, 7) is 3.89. The van der Waals surface area contributed by atoms with Crippen LogP contribution < -0.4 is 5.32 Å². The van der Waals surface area contributed by atoms with Crippen molar-refractivity contribution in [2.75, 3.05) is 0 Å². The average Bonchev–Trinajstić information content (AvgIpc) is 2.46. The van der Waals surface area contributed by atoms with Crippen LogP contribution in [0.2, 0.25) is 0 Å². The molecule has 1 aromatic carbocycles. The third-order valence-corrected chi connectivity index (χ3v) is 2.47. The van der Waals surface area contributed by atoms with Crippen molar-refractivity contribution in [3.8, 4) is 11.3 Å². The minimum atomic E-state index is -0.173. The highest BCUT2D eigenvalue weighted by atomic mass is 16.1. The Morgan fingerprint density at radius 2 is 2.06 bits per heavy atom. The largest absolute Gasteiger partial charge is 0.348 e. The van der Waals surface area contributed by atoms with Gasteiger partial charge in [-0.1, -0.05) is 30.8 Å². The highest BCUT2D eigenvalue weighted by molar-refractivity contribution is 5.86. The Bertz CT molecular complexity index is 535. The van der Waals surface area contributed by atoms with Crippen LogP contribution in [0.5, 0.6) is 0 Å². The lowest BCUT2D eigenvalue weighted by molar-refractivity contribution is -0.116. The molecule has 0 aliphatic carbocycles. The summed E-state index contributed by atoms with van der Waals surface area (Å²) in [6.07, 6.45) is 2.90. The fourth-order valence-corrected chi connectivity index (χ4v) is 1.51. The van der Waals surface area contributed by atoms with Gasteiger partial charge in [-0.05, 0) is 23.8 Å². The van der Waals surface area contributed by atoms with Crippen molar-refractivity contribution in [1.82, 2.24) is 15.5 Å². The summed E-state index contributed by atoms with van der Waals surface area (Å²) in [5.74, 6) is -0.173. The van der Waals surface area contributed by atoms with E-state index in [1.807, 2.05) is 36.4 Å². The molecular formula is C14H13N3O. The predicted octanol–water partition coefficient (Wildman–Crippen LogP) is 1.95. The molecule has 0 spiro atoms. The van der Waals surface area contributed by atoms with Crippen LogP contribution in [-0.2, 0) is 11.3 Å². The van der Waals surface area contributed by atoms with Gasteiger partial charge in [0.25, 0.3) is 0 Å². The summed E-state index contributed by atoms with van der Waals surface area (Å²) < 4.78 is 0. The van der Waals surface area contributed by atoms with E-state index < -0.39 is 0 Å². The average molecular weight is 239 g/mol. The normalized spacial score (nSPS) is 9.78. The van der Waals surface area contributed by atoms with Crippen LogP contribution in [-0.4, -0.2) is 16.1 Å². The fraction of sp³-hybridized carbons (Fsp3) is 0.0714. The molecule has 0 aliphatic heterocycles. The van der Waals surface area contributed by atoms with Gasteiger partial charge in [-0.25, -0.2) is 0 Å². The number of carbonyl (C=O) groups is 1. The van der Waals surface area contributed by atoms with Gasteiger partial charge < -0.3 is 5.32 Å². The van der Waals surface area contributed by atoms with E-state index in [4.69, 9.17) is 0 Å². The Labute approximate surface area is 105 Å². The van der Waals surface area contributed by atoms with Gasteiger partial charge in [-0.15, -0.1) is 0 Å². The van der Waals surface area contributed by atoms with Crippen LogP contribution in [0.4, 0.5) is 0 Å². The van der Waals surface area contributed by atoms with Crippen LogP contribution in [0.15, 0.2) is 55.3 Å². The second-order valence-corrected chi connectivity index (χ2v) is 3.73. The highest BCUT2D eigenvalue weighted by Crippen LogP contribution is 2.16. The molecule has 0 atom stereocenters. The van der Waals surface area contributed by atoms with Gasteiger partial charge in [0.1, 0.15) is 0 Å². The predicted molar refractivity (Wildman–Crippen MR) is 69.5 cm³/mol. The minimum Gasteiger partial charge on any atom is -0.348 e. The van der Waals surface area contributed by atoms with Gasteiger partial charge in [-0.3, -0.25) is 4.79 Å². The molecule has 0 aliphatic rings. The van der Waals surface area contributed by atoms with E-state index in [0.29, 0.717) is 6.54 Å². The molecule has 0 radical (unpaired) electrons. The molecule has 0 bridgehead atoms. The van der Waals surface area contributed by atoms with Crippen molar-refractivity contribution in [3.05, 3.63) is 60.8 Å². The monoisotopic (exact) mass is 239 g/mol. The molecule has 1 aromatic heterocycles. The Balaban J connectivity index is 2.06. The number of carbonyl (C=O) groups excluding carboxylic acids is 1. The summed E-state index contributed by atoms with van der Waals surface area (Å²) >= 11 is 0. The second kappa shape index (κ2) is 5.72. The molecule has 4 nitrogen and oxygen atoms in total. The second-order valence-electron chi connectivity index (χ2n) is 3.73. The number of rotatable bonds is 4. The maximum atomic E-state index is 11.0. The van der Waals surface area contributed by atoms with Crippen molar-refractivity contribution in [1.29, 1.82) is 0 Å². The Hall–Kier alpha value is -2.49. The zero-order valence-electron chi connectivity index (χ0n) is 9.84. The van der Waals surface area contributed by atoms with Crippen LogP contribution in [0.25, 0.3) is 11.3 Å². The minimum absolute atomic E-state index is 0.173. The zero-order chi connectivity index (χ0) is 12.8. The van der Waals surface area contributed by atoms with E-state index in [9.17, 15) is 4.79 Å². The van der Waals surface area contributed by atoms with Gasteiger partial charge in [0, 0.05) is 18.3 Å². The maximum absolute atomic E-state index is 11.0. The van der Waals surface area contributed by atoms with E-state index >= 15 is 0 Å². The highest BCUT2D eigenvalue weighted by Gasteiger charge is 2.00. The molecule has 0 unspecified atom stereocenters.